The van der Waals surface area contributed by atoms with Crippen LogP contribution in [0.15, 0.2) is 42.7 Å². The second-order valence-corrected chi connectivity index (χ2v) is 5.42. The van der Waals surface area contributed by atoms with E-state index in [1.54, 1.807) is 25.6 Å². The molecule has 2 aromatic rings. The van der Waals surface area contributed by atoms with Crippen molar-refractivity contribution in [3.05, 3.63) is 48.3 Å². The molecule has 0 amide bonds. The SMILES string of the molecule is COc1ccc(CN2CCO[C@H](COc3ncccn3)C2)cc1. The number of aromatic nitrogens is 2. The average molecular weight is 315 g/mol. The minimum Gasteiger partial charge on any atom is -0.497 e. The van der Waals surface area contributed by atoms with Crippen molar-refractivity contribution in [1.82, 2.24) is 14.9 Å². The van der Waals surface area contributed by atoms with Crippen LogP contribution < -0.4 is 9.47 Å². The first-order valence-corrected chi connectivity index (χ1v) is 7.70. The fourth-order valence-electron chi connectivity index (χ4n) is 2.54. The summed E-state index contributed by atoms with van der Waals surface area (Å²) in [6, 6.07) is 10.3. The largest absolute Gasteiger partial charge is 0.497 e. The Bertz CT molecular complexity index is 592. The molecule has 1 fully saturated rings. The maximum atomic E-state index is 5.76. The first kappa shape index (κ1) is 15.7. The molecule has 1 aliphatic rings. The number of morpholine rings is 1. The van der Waals surface area contributed by atoms with Crippen molar-refractivity contribution in [3.8, 4) is 11.8 Å². The number of ether oxygens (including phenoxy) is 3. The lowest BCUT2D eigenvalue weighted by molar-refractivity contribution is -0.0516. The Balaban J connectivity index is 1.49. The van der Waals surface area contributed by atoms with Crippen molar-refractivity contribution >= 4 is 0 Å². The van der Waals surface area contributed by atoms with Crippen LogP contribution in [0.1, 0.15) is 5.56 Å². The summed E-state index contributed by atoms with van der Waals surface area (Å²) in [5.41, 5.74) is 1.26. The van der Waals surface area contributed by atoms with Gasteiger partial charge in [0.05, 0.1) is 13.7 Å². The predicted octanol–water partition coefficient (Wildman–Crippen LogP) is 1.77. The molecule has 2 heterocycles. The van der Waals surface area contributed by atoms with E-state index >= 15 is 0 Å². The van der Waals surface area contributed by atoms with Crippen LogP contribution in [0.5, 0.6) is 11.8 Å². The molecule has 23 heavy (non-hydrogen) atoms. The maximum absolute atomic E-state index is 5.76. The molecule has 1 saturated heterocycles. The smallest absolute Gasteiger partial charge is 0.316 e. The van der Waals surface area contributed by atoms with Gasteiger partial charge in [0.1, 0.15) is 18.5 Å². The van der Waals surface area contributed by atoms with E-state index < -0.39 is 0 Å². The minimum atomic E-state index is 0.0332. The molecule has 0 radical (unpaired) electrons. The molecule has 1 aromatic heterocycles. The van der Waals surface area contributed by atoms with E-state index in [-0.39, 0.29) is 6.10 Å². The molecular weight excluding hydrogens is 294 g/mol. The fraction of sp³-hybridized carbons (Fsp3) is 0.412. The lowest BCUT2D eigenvalue weighted by atomic mass is 10.2. The Morgan fingerprint density at radius 3 is 2.74 bits per heavy atom. The van der Waals surface area contributed by atoms with E-state index in [9.17, 15) is 0 Å². The van der Waals surface area contributed by atoms with E-state index in [1.807, 2.05) is 12.1 Å². The molecule has 1 aliphatic heterocycles. The van der Waals surface area contributed by atoms with Crippen LogP contribution in [-0.2, 0) is 11.3 Å². The number of hydrogen-bond donors (Lipinski definition) is 0. The highest BCUT2D eigenvalue weighted by Gasteiger charge is 2.21. The average Bonchev–Trinajstić information content (AvgIpc) is 2.62. The second-order valence-electron chi connectivity index (χ2n) is 5.42. The summed E-state index contributed by atoms with van der Waals surface area (Å²) >= 11 is 0. The molecule has 6 nitrogen and oxygen atoms in total. The second kappa shape index (κ2) is 7.89. The Morgan fingerprint density at radius 1 is 1.22 bits per heavy atom. The van der Waals surface area contributed by atoms with Gasteiger partial charge in [0.2, 0.25) is 0 Å². The zero-order chi connectivity index (χ0) is 15.9. The summed E-state index contributed by atoms with van der Waals surface area (Å²) in [5, 5.41) is 0. The van der Waals surface area contributed by atoms with Gasteiger partial charge in [-0.25, -0.2) is 9.97 Å². The highest BCUT2D eigenvalue weighted by molar-refractivity contribution is 5.27. The number of nitrogens with zero attached hydrogens (tertiary/aromatic N) is 3. The van der Waals surface area contributed by atoms with Gasteiger partial charge in [0, 0.05) is 32.0 Å². The summed E-state index contributed by atoms with van der Waals surface area (Å²) in [7, 11) is 1.68. The van der Waals surface area contributed by atoms with Gasteiger partial charge < -0.3 is 14.2 Å². The van der Waals surface area contributed by atoms with Gasteiger partial charge in [0.15, 0.2) is 0 Å². The Labute approximate surface area is 136 Å². The molecule has 0 N–H and O–H groups in total. The first-order chi connectivity index (χ1) is 11.3. The molecule has 6 heteroatoms. The van der Waals surface area contributed by atoms with Gasteiger partial charge in [-0.05, 0) is 23.8 Å². The Morgan fingerprint density at radius 2 is 2.00 bits per heavy atom. The van der Waals surface area contributed by atoms with Crippen molar-refractivity contribution in [2.24, 2.45) is 0 Å². The monoisotopic (exact) mass is 315 g/mol. The third-order valence-corrected chi connectivity index (χ3v) is 3.73. The van der Waals surface area contributed by atoms with Crippen LogP contribution in [0.4, 0.5) is 0 Å². The topological polar surface area (TPSA) is 56.7 Å². The fourth-order valence-corrected chi connectivity index (χ4v) is 2.54. The van der Waals surface area contributed by atoms with Gasteiger partial charge in [-0.1, -0.05) is 12.1 Å². The Hall–Kier alpha value is -2.18. The number of methoxy groups -OCH3 is 1. The number of benzene rings is 1. The zero-order valence-electron chi connectivity index (χ0n) is 13.2. The highest BCUT2D eigenvalue weighted by Crippen LogP contribution is 2.15. The quantitative estimate of drug-likeness (QED) is 0.810. The molecule has 0 bridgehead atoms. The van der Waals surface area contributed by atoms with Gasteiger partial charge >= 0.3 is 6.01 Å². The van der Waals surface area contributed by atoms with Gasteiger partial charge in [-0.2, -0.15) is 0 Å². The van der Waals surface area contributed by atoms with Crippen LogP contribution >= 0.6 is 0 Å². The van der Waals surface area contributed by atoms with Crippen LogP contribution in [0.3, 0.4) is 0 Å². The zero-order valence-corrected chi connectivity index (χ0v) is 13.2. The number of rotatable bonds is 6. The van der Waals surface area contributed by atoms with Crippen LogP contribution in [-0.4, -0.2) is 54.4 Å². The minimum absolute atomic E-state index is 0.0332. The summed E-state index contributed by atoms with van der Waals surface area (Å²) in [6.07, 6.45) is 3.37. The van der Waals surface area contributed by atoms with Crippen molar-refractivity contribution in [2.45, 2.75) is 12.6 Å². The molecule has 3 rings (SSSR count). The van der Waals surface area contributed by atoms with E-state index in [0.29, 0.717) is 19.2 Å². The van der Waals surface area contributed by atoms with E-state index in [0.717, 1.165) is 25.4 Å². The molecule has 0 unspecified atom stereocenters. The lowest BCUT2D eigenvalue weighted by Crippen LogP contribution is -2.44. The number of hydrogen-bond acceptors (Lipinski definition) is 6. The molecule has 0 saturated carbocycles. The third-order valence-electron chi connectivity index (χ3n) is 3.73. The van der Waals surface area contributed by atoms with Crippen molar-refractivity contribution in [2.75, 3.05) is 33.4 Å². The van der Waals surface area contributed by atoms with Crippen LogP contribution in [0.25, 0.3) is 0 Å². The predicted molar refractivity (Wildman–Crippen MR) is 85.5 cm³/mol. The van der Waals surface area contributed by atoms with Gasteiger partial charge in [-0.15, -0.1) is 0 Å². The van der Waals surface area contributed by atoms with E-state index in [1.165, 1.54) is 5.56 Å². The van der Waals surface area contributed by atoms with Gasteiger partial charge in [-0.3, -0.25) is 4.90 Å². The first-order valence-electron chi connectivity index (χ1n) is 7.70. The molecule has 1 aromatic carbocycles. The Kier molecular flexibility index (Phi) is 5.39. The van der Waals surface area contributed by atoms with Gasteiger partial charge in [0.25, 0.3) is 0 Å². The van der Waals surface area contributed by atoms with Crippen molar-refractivity contribution in [1.29, 1.82) is 0 Å². The van der Waals surface area contributed by atoms with Crippen molar-refractivity contribution < 1.29 is 14.2 Å². The molecule has 122 valence electrons. The highest BCUT2D eigenvalue weighted by atomic mass is 16.5. The lowest BCUT2D eigenvalue weighted by Gasteiger charge is -2.32. The normalized spacial score (nSPS) is 18.6. The summed E-state index contributed by atoms with van der Waals surface area (Å²) in [4.78, 5) is 10.5. The summed E-state index contributed by atoms with van der Waals surface area (Å²) < 4.78 is 16.5. The van der Waals surface area contributed by atoms with E-state index in [4.69, 9.17) is 14.2 Å². The third kappa shape index (κ3) is 4.64. The maximum Gasteiger partial charge on any atom is 0.316 e. The van der Waals surface area contributed by atoms with Crippen molar-refractivity contribution in [3.63, 3.8) is 0 Å². The molecule has 0 spiro atoms. The molecule has 0 aliphatic carbocycles. The molecular formula is C17H21N3O3. The van der Waals surface area contributed by atoms with E-state index in [2.05, 4.69) is 27.0 Å². The molecule has 1 atom stereocenters. The summed E-state index contributed by atoms with van der Waals surface area (Å²) in [6.45, 7) is 3.82. The van der Waals surface area contributed by atoms with Crippen LogP contribution in [0, 0.1) is 0 Å². The summed E-state index contributed by atoms with van der Waals surface area (Å²) in [5.74, 6) is 0.880. The standard InChI is InChI=1S/C17H21N3O3/c1-21-15-5-3-14(4-6-15)11-20-9-10-22-16(12-20)13-23-17-18-7-2-8-19-17/h2-8,16H,9-13H2,1H3/t16-/m0/s1. The van der Waals surface area contributed by atoms with Crippen LogP contribution in [0.2, 0.25) is 0 Å².